The molecule has 0 saturated carbocycles. The molecule has 76 valence electrons. The molecule has 0 radical (unpaired) electrons. The third-order valence-corrected chi connectivity index (χ3v) is 2.38. The number of ether oxygens (including phenoxy) is 1. The lowest BCUT2D eigenvalue weighted by Crippen LogP contribution is -1.95. The number of carbonyl (C=O) groups is 1. The van der Waals surface area contributed by atoms with E-state index in [1.54, 1.807) is 7.11 Å². The lowest BCUT2D eigenvalue weighted by atomic mass is 10.0. The number of hydrogen-bond acceptors (Lipinski definition) is 2. The Kier molecular flexibility index (Phi) is 3.69. The van der Waals surface area contributed by atoms with Crippen molar-refractivity contribution in [2.75, 3.05) is 7.11 Å². The maximum atomic E-state index is 10.3. The van der Waals surface area contributed by atoms with Crippen molar-refractivity contribution >= 4 is 6.29 Å². The molecule has 0 fully saturated rings. The molecule has 2 nitrogen and oxygen atoms in total. The van der Waals surface area contributed by atoms with Crippen molar-refractivity contribution < 1.29 is 9.53 Å². The highest BCUT2D eigenvalue weighted by molar-refractivity contribution is 5.51. The van der Waals surface area contributed by atoms with E-state index in [0.717, 1.165) is 24.0 Å². The number of aryl methyl sites for hydroxylation is 3. The molecule has 0 unspecified atom stereocenters. The molecular formula is C12H16O2. The molecule has 0 saturated heterocycles. The van der Waals surface area contributed by atoms with Crippen LogP contribution >= 0.6 is 0 Å². The van der Waals surface area contributed by atoms with E-state index in [1.807, 2.05) is 19.9 Å². The molecule has 0 bridgehead atoms. The first-order valence-corrected chi connectivity index (χ1v) is 4.76. The van der Waals surface area contributed by atoms with Gasteiger partial charge in [0.15, 0.2) is 0 Å². The van der Waals surface area contributed by atoms with Gasteiger partial charge in [0.05, 0.1) is 7.11 Å². The van der Waals surface area contributed by atoms with Crippen molar-refractivity contribution in [1.29, 1.82) is 0 Å². The van der Waals surface area contributed by atoms with Crippen molar-refractivity contribution in [3.8, 4) is 5.75 Å². The topological polar surface area (TPSA) is 26.3 Å². The molecule has 0 heterocycles. The highest BCUT2D eigenvalue weighted by atomic mass is 16.5. The Bertz CT molecular complexity index is 329. The summed E-state index contributed by atoms with van der Waals surface area (Å²) in [5, 5.41) is 0. The van der Waals surface area contributed by atoms with E-state index in [0.29, 0.717) is 6.42 Å². The van der Waals surface area contributed by atoms with Crippen LogP contribution in [0, 0.1) is 13.8 Å². The Labute approximate surface area is 84.9 Å². The second-order valence-electron chi connectivity index (χ2n) is 3.45. The van der Waals surface area contributed by atoms with Crippen molar-refractivity contribution in [2.45, 2.75) is 26.7 Å². The second-order valence-corrected chi connectivity index (χ2v) is 3.45. The van der Waals surface area contributed by atoms with Crippen LogP contribution in [0.4, 0.5) is 0 Å². The first-order valence-electron chi connectivity index (χ1n) is 4.76. The SMILES string of the molecule is COc1cc(C)c(CCC=O)cc1C. The molecular weight excluding hydrogens is 176 g/mol. The fourth-order valence-electron chi connectivity index (χ4n) is 1.55. The smallest absolute Gasteiger partial charge is 0.122 e. The van der Waals surface area contributed by atoms with Crippen LogP contribution in [0.3, 0.4) is 0 Å². The monoisotopic (exact) mass is 192 g/mol. The molecule has 0 aliphatic rings. The molecule has 1 rings (SSSR count). The zero-order valence-electron chi connectivity index (χ0n) is 8.96. The lowest BCUT2D eigenvalue weighted by molar-refractivity contribution is -0.107. The van der Waals surface area contributed by atoms with Crippen LogP contribution in [0.2, 0.25) is 0 Å². The van der Waals surface area contributed by atoms with Gasteiger partial charge >= 0.3 is 0 Å². The molecule has 0 spiro atoms. The summed E-state index contributed by atoms with van der Waals surface area (Å²) in [7, 11) is 1.67. The highest BCUT2D eigenvalue weighted by Gasteiger charge is 2.03. The molecule has 0 atom stereocenters. The van der Waals surface area contributed by atoms with Gasteiger partial charge in [0, 0.05) is 6.42 Å². The lowest BCUT2D eigenvalue weighted by Gasteiger charge is -2.10. The van der Waals surface area contributed by atoms with Gasteiger partial charge < -0.3 is 9.53 Å². The van der Waals surface area contributed by atoms with E-state index in [4.69, 9.17) is 4.74 Å². The summed E-state index contributed by atoms with van der Waals surface area (Å²) in [6.45, 7) is 4.06. The standard InChI is InChI=1S/C12H16O2/c1-9-8-12(14-3)10(2)7-11(9)5-4-6-13/h6-8H,4-5H2,1-3H3. The molecule has 0 aliphatic carbocycles. The molecule has 1 aromatic carbocycles. The molecule has 1 aromatic rings. The number of benzene rings is 1. The third kappa shape index (κ3) is 2.34. The van der Waals surface area contributed by atoms with Crippen LogP contribution in [0.25, 0.3) is 0 Å². The Hall–Kier alpha value is -1.31. The molecule has 0 N–H and O–H groups in total. The highest BCUT2D eigenvalue weighted by Crippen LogP contribution is 2.22. The average molecular weight is 192 g/mol. The Morgan fingerprint density at radius 2 is 2.00 bits per heavy atom. The zero-order valence-corrected chi connectivity index (χ0v) is 8.96. The summed E-state index contributed by atoms with van der Waals surface area (Å²) in [6.07, 6.45) is 2.37. The van der Waals surface area contributed by atoms with Gasteiger partial charge in [0.1, 0.15) is 12.0 Å². The summed E-state index contributed by atoms with van der Waals surface area (Å²) < 4.78 is 5.22. The van der Waals surface area contributed by atoms with E-state index in [1.165, 1.54) is 11.1 Å². The van der Waals surface area contributed by atoms with Gasteiger partial charge in [-0.1, -0.05) is 6.07 Å². The number of carbonyl (C=O) groups excluding carboxylic acids is 1. The summed E-state index contributed by atoms with van der Waals surface area (Å²) in [4.78, 5) is 10.3. The van der Waals surface area contributed by atoms with E-state index in [2.05, 4.69) is 6.07 Å². The molecule has 0 aromatic heterocycles. The predicted molar refractivity (Wildman–Crippen MR) is 56.9 cm³/mol. The quantitative estimate of drug-likeness (QED) is 0.685. The molecule has 0 aliphatic heterocycles. The van der Waals surface area contributed by atoms with Crippen LogP contribution in [0.15, 0.2) is 12.1 Å². The maximum Gasteiger partial charge on any atom is 0.122 e. The summed E-state index contributed by atoms with van der Waals surface area (Å²) in [6, 6.07) is 4.12. The van der Waals surface area contributed by atoms with Crippen molar-refractivity contribution in [2.24, 2.45) is 0 Å². The maximum absolute atomic E-state index is 10.3. The van der Waals surface area contributed by atoms with E-state index in [-0.39, 0.29) is 0 Å². The van der Waals surface area contributed by atoms with Crippen LogP contribution in [-0.2, 0) is 11.2 Å². The van der Waals surface area contributed by atoms with Gasteiger partial charge in [-0.2, -0.15) is 0 Å². The minimum absolute atomic E-state index is 0.590. The fraction of sp³-hybridized carbons (Fsp3) is 0.417. The van der Waals surface area contributed by atoms with Gasteiger partial charge in [-0.05, 0) is 43.0 Å². The van der Waals surface area contributed by atoms with E-state index < -0.39 is 0 Å². The van der Waals surface area contributed by atoms with Crippen LogP contribution < -0.4 is 4.74 Å². The van der Waals surface area contributed by atoms with E-state index in [9.17, 15) is 4.79 Å². The van der Waals surface area contributed by atoms with Crippen molar-refractivity contribution in [3.05, 3.63) is 28.8 Å². The summed E-state index contributed by atoms with van der Waals surface area (Å²) in [5.74, 6) is 0.914. The number of aldehydes is 1. The fourth-order valence-corrected chi connectivity index (χ4v) is 1.55. The molecule has 2 heteroatoms. The second kappa shape index (κ2) is 4.80. The minimum Gasteiger partial charge on any atom is -0.496 e. The first-order chi connectivity index (χ1) is 6.69. The van der Waals surface area contributed by atoms with Gasteiger partial charge in [0.25, 0.3) is 0 Å². The number of methoxy groups -OCH3 is 1. The van der Waals surface area contributed by atoms with Crippen molar-refractivity contribution in [3.63, 3.8) is 0 Å². The molecule has 0 amide bonds. The van der Waals surface area contributed by atoms with Crippen LogP contribution in [-0.4, -0.2) is 13.4 Å². The van der Waals surface area contributed by atoms with Gasteiger partial charge in [-0.25, -0.2) is 0 Å². The summed E-state index contributed by atoms with van der Waals surface area (Å²) in [5.41, 5.74) is 3.55. The van der Waals surface area contributed by atoms with E-state index >= 15 is 0 Å². The van der Waals surface area contributed by atoms with Gasteiger partial charge in [0.2, 0.25) is 0 Å². The minimum atomic E-state index is 0.590. The average Bonchev–Trinajstić information content (AvgIpc) is 2.18. The number of hydrogen-bond donors (Lipinski definition) is 0. The first kappa shape index (κ1) is 10.8. The van der Waals surface area contributed by atoms with Crippen LogP contribution in [0.5, 0.6) is 5.75 Å². The number of rotatable bonds is 4. The Morgan fingerprint density at radius 1 is 1.29 bits per heavy atom. The largest absolute Gasteiger partial charge is 0.496 e. The van der Waals surface area contributed by atoms with Gasteiger partial charge in [-0.15, -0.1) is 0 Å². The van der Waals surface area contributed by atoms with Gasteiger partial charge in [-0.3, -0.25) is 0 Å². The zero-order chi connectivity index (χ0) is 10.6. The normalized spacial score (nSPS) is 9.93. The predicted octanol–water partition coefficient (Wildman–Crippen LogP) is 2.44. The molecule has 14 heavy (non-hydrogen) atoms. The summed E-state index contributed by atoms with van der Waals surface area (Å²) >= 11 is 0. The van der Waals surface area contributed by atoms with Crippen LogP contribution in [0.1, 0.15) is 23.1 Å². The Balaban J connectivity index is 2.96. The van der Waals surface area contributed by atoms with Crippen molar-refractivity contribution in [1.82, 2.24) is 0 Å². The Morgan fingerprint density at radius 3 is 2.57 bits per heavy atom. The third-order valence-electron chi connectivity index (χ3n) is 2.38.